The molecular weight excluding hydrogens is 344 g/mol. The number of aromatic nitrogens is 2. The van der Waals surface area contributed by atoms with E-state index in [0.29, 0.717) is 18.1 Å². The molecule has 0 saturated carbocycles. The quantitative estimate of drug-likeness (QED) is 0.761. The minimum Gasteiger partial charge on any atom is -0.378 e. The molecule has 1 aromatic carbocycles. The van der Waals surface area contributed by atoms with E-state index in [1.165, 1.54) is 6.33 Å². The number of benzene rings is 1. The number of nitrogens with zero attached hydrogens (tertiary/aromatic N) is 4. The van der Waals surface area contributed by atoms with E-state index in [1.54, 1.807) is 6.07 Å². The zero-order valence-corrected chi connectivity index (χ0v) is 15.8. The Bertz CT molecular complexity index is 761. The van der Waals surface area contributed by atoms with Gasteiger partial charge in [-0.25, -0.2) is 9.97 Å². The number of hydrogen-bond donors (Lipinski definition) is 2. The lowest BCUT2D eigenvalue weighted by molar-refractivity contribution is 0.0946. The van der Waals surface area contributed by atoms with Gasteiger partial charge in [0, 0.05) is 32.2 Å². The molecule has 1 saturated heterocycles. The Morgan fingerprint density at radius 1 is 1.22 bits per heavy atom. The van der Waals surface area contributed by atoms with Crippen molar-refractivity contribution in [3.8, 4) is 0 Å². The molecule has 1 aliphatic rings. The number of ether oxygens (including phenoxy) is 1. The van der Waals surface area contributed by atoms with E-state index in [4.69, 9.17) is 4.74 Å². The van der Waals surface area contributed by atoms with E-state index in [0.717, 1.165) is 44.2 Å². The Morgan fingerprint density at radius 2 is 2.00 bits per heavy atom. The Hall–Kier alpha value is -2.71. The molecule has 0 radical (unpaired) electrons. The van der Waals surface area contributed by atoms with E-state index >= 15 is 0 Å². The third kappa shape index (κ3) is 5.38. The smallest absolute Gasteiger partial charge is 0.270 e. The lowest BCUT2D eigenvalue weighted by atomic mass is 10.2. The fourth-order valence-electron chi connectivity index (χ4n) is 2.83. The van der Waals surface area contributed by atoms with Crippen molar-refractivity contribution in [2.75, 3.05) is 63.7 Å². The van der Waals surface area contributed by atoms with Crippen molar-refractivity contribution in [3.05, 3.63) is 42.4 Å². The van der Waals surface area contributed by atoms with E-state index in [-0.39, 0.29) is 5.91 Å². The van der Waals surface area contributed by atoms with Crippen LogP contribution in [0.1, 0.15) is 10.5 Å². The third-order valence-corrected chi connectivity index (χ3v) is 4.26. The van der Waals surface area contributed by atoms with Gasteiger partial charge in [-0.1, -0.05) is 12.1 Å². The SMILES string of the molecule is CN(C)CCNC(=O)c1cc(Nc2ccccc2N2CCOCC2)ncn1. The van der Waals surface area contributed by atoms with E-state index in [2.05, 4.69) is 31.6 Å². The van der Waals surface area contributed by atoms with E-state index in [9.17, 15) is 4.79 Å². The van der Waals surface area contributed by atoms with Crippen molar-refractivity contribution >= 4 is 23.1 Å². The van der Waals surface area contributed by atoms with Crippen LogP contribution in [0.2, 0.25) is 0 Å². The van der Waals surface area contributed by atoms with Crippen LogP contribution in [-0.2, 0) is 4.74 Å². The molecule has 0 bridgehead atoms. The summed E-state index contributed by atoms with van der Waals surface area (Å²) >= 11 is 0. The third-order valence-electron chi connectivity index (χ3n) is 4.26. The second kappa shape index (κ2) is 9.29. The maximum atomic E-state index is 12.3. The first kappa shape index (κ1) is 19.1. The number of amides is 1. The molecule has 27 heavy (non-hydrogen) atoms. The Balaban J connectivity index is 1.70. The average molecular weight is 370 g/mol. The molecule has 0 aliphatic carbocycles. The molecule has 0 atom stereocenters. The maximum absolute atomic E-state index is 12.3. The van der Waals surface area contributed by atoms with Crippen LogP contribution in [0.4, 0.5) is 17.2 Å². The van der Waals surface area contributed by atoms with Gasteiger partial charge < -0.3 is 25.2 Å². The van der Waals surface area contributed by atoms with E-state index < -0.39 is 0 Å². The van der Waals surface area contributed by atoms with Gasteiger partial charge in [-0.05, 0) is 26.2 Å². The summed E-state index contributed by atoms with van der Waals surface area (Å²) < 4.78 is 5.44. The second-order valence-corrected chi connectivity index (χ2v) is 6.59. The van der Waals surface area contributed by atoms with Crippen molar-refractivity contribution < 1.29 is 9.53 Å². The van der Waals surface area contributed by atoms with Crippen LogP contribution < -0.4 is 15.5 Å². The summed E-state index contributed by atoms with van der Waals surface area (Å²) in [6.07, 6.45) is 1.40. The Labute approximate surface area is 159 Å². The number of nitrogens with one attached hydrogen (secondary N) is 2. The molecule has 1 aliphatic heterocycles. The predicted octanol–water partition coefficient (Wildman–Crippen LogP) is 1.35. The summed E-state index contributed by atoms with van der Waals surface area (Å²) in [5.41, 5.74) is 2.38. The molecule has 8 nitrogen and oxygen atoms in total. The van der Waals surface area contributed by atoms with Crippen molar-refractivity contribution in [2.24, 2.45) is 0 Å². The van der Waals surface area contributed by atoms with E-state index in [1.807, 2.05) is 37.2 Å². The summed E-state index contributed by atoms with van der Waals surface area (Å²) in [5, 5.41) is 6.18. The molecule has 3 rings (SSSR count). The molecule has 2 heterocycles. The van der Waals surface area contributed by atoms with Gasteiger partial charge in [0.15, 0.2) is 0 Å². The summed E-state index contributed by atoms with van der Waals surface area (Å²) in [4.78, 5) is 24.9. The molecule has 144 valence electrons. The molecule has 2 aromatic rings. The van der Waals surface area contributed by atoms with Gasteiger partial charge in [0.1, 0.15) is 17.8 Å². The van der Waals surface area contributed by atoms with Gasteiger partial charge in [-0.15, -0.1) is 0 Å². The first-order valence-electron chi connectivity index (χ1n) is 9.07. The fraction of sp³-hybridized carbons (Fsp3) is 0.421. The van der Waals surface area contributed by atoms with Gasteiger partial charge in [0.2, 0.25) is 0 Å². The summed E-state index contributed by atoms with van der Waals surface area (Å²) in [5.74, 6) is 0.382. The van der Waals surface area contributed by atoms with Gasteiger partial charge in [0.25, 0.3) is 5.91 Å². The highest BCUT2D eigenvalue weighted by molar-refractivity contribution is 5.93. The molecule has 8 heteroatoms. The number of likely N-dealkylation sites (N-methyl/N-ethyl adjacent to an activating group) is 1. The molecule has 1 fully saturated rings. The van der Waals surface area contributed by atoms with Crippen molar-refractivity contribution in [3.63, 3.8) is 0 Å². The van der Waals surface area contributed by atoms with Crippen LogP contribution in [0.5, 0.6) is 0 Å². The standard InChI is InChI=1S/C19H26N6O2/c1-24(2)8-7-20-19(26)16-13-18(22-14-21-16)23-15-5-3-4-6-17(15)25-9-11-27-12-10-25/h3-6,13-14H,7-12H2,1-2H3,(H,20,26)(H,21,22,23). The van der Waals surface area contributed by atoms with Crippen LogP contribution in [-0.4, -0.2) is 74.3 Å². The topological polar surface area (TPSA) is 82.6 Å². The molecule has 0 unspecified atom stereocenters. The number of para-hydroxylation sites is 2. The summed E-state index contributed by atoms with van der Waals surface area (Å²) in [6.45, 7) is 4.48. The zero-order chi connectivity index (χ0) is 19.1. The molecule has 2 N–H and O–H groups in total. The van der Waals surface area contributed by atoms with Crippen LogP contribution >= 0.6 is 0 Å². The Kier molecular flexibility index (Phi) is 6.56. The molecule has 1 amide bonds. The first-order chi connectivity index (χ1) is 13.1. The predicted molar refractivity (Wildman–Crippen MR) is 106 cm³/mol. The second-order valence-electron chi connectivity index (χ2n) is 6.59. The van der Waals surface area contributed by atoms with Gasteiger partial charge in [-0.2, -0.15) is 0 Å². The minimum absolute atomic E-state index is 0.205. The van der Waals surface area contributed by atoms with Crippen LogP contribution in [0.25, 0.3) is 0 Å². The van der Waals surface area contributed by atoms with Gasteiger partial charge in [-0.3, -0.25) is 4.79 Å². The highest BCUT2D eigenvalue weighted by Crippen LogP contribution is 2.28. The first-order valence-corrected chi connectivity index (χ1v) is 9.07. The number of rotatable bonds is 7. The van der Waals surface area contributed by atoms with Crippen molar-refractivity contribution in [1.29, 1.82) is 0 Å². The lowest BCUT2D eigenvalue weighted by Gasteiger charge is -2.30. The monoisotopic (exact) mass is 370 g/mol. The normalized spacial score (nSPS) is 14.3. The number of carbonyl (C=O) groups excluding carboxylic acids is 1. The van der Waals surface area contributed by atoms with Gasteiger partial charge >= 0.3 is 0 Å². The highest BCUT2D eigenvalue weighted by atomic mass is 16.5. The molecular formula is C19H26N6O2. The van der Waals surface area contributed by atoms with Crippen molar-refractivity contribution in [1.82, 2.24) is 20.2 Å². The Morgan fingerprint density at radius 3 is 2.78 bits per heavy atom. The molecule has 1 aromatic heterocycles. The largest absolute Gasteiger partial charge is 0.378 e. The summed E-state index contributed by atoms with van der Waals surface area (Å²) in [6, 6.07) is 9.73. The zero-order valence-electron chi connectivity index (χ0n) is 15.8. The number of morpholine rings is 1. The molecule has 0 spiro atoms. The fourth-order valence-corrected chi connectivity index (χ4v) is 2.83. The lowest BCUT2D eigenvalue weighted by Crippen LogP contribution is -2.36. The number of anilines is 3. The number of carbonyl (C=O) groups is 1. The van der Waals surface area contributed by atoms with Crippen LogP contribution in [0.3, 0.4) is 0 Å². The maximum Gasteiger partial charge on any atom is 0.270 e. The van der Waals surface area contributed by atoms with Crippen LogP contribution in [0.15, 0.2) is 36.7 Å². The van der Waals surface area contributed by atoms with Gasteiger partial charge in [0.05, 0.1) is 24.6 Å². The average Bonchev–Trinajstić information content (AvgIpc) is 2.69. The highest BCUT2D eigenvalue weighted by Gasteiger charge is 2.15. The number of hydrogen-bond acceptors (Lipinski definition) is 7. The van der Waals surface area contributed by atoms with Crippen molar-refractivity contribution in [2.45, 2.75) is 0 Å². The summed E-state index contributed by atoms with van der Waals surface area (Å²) in [7, 11) is 3.93. The minimum atomic E-state index is -0.205. The van der Waals surface area contributed by atoms with Crippen LogP contribution in [0, 0.1) is 0 Å².